The third kappa shape index (κ3) is 6.63. The van der Waals surface area contributed by atoms with Crippen molar-refractivity contribution in [2.24, 2.45) is 5.41 Å². The highest BCUT2D eigenvalue weighted by atomic mass is 35.5. The average Bonchev–Trinajstić information content (AvgIpc) is 2.81. The Morgan fingerprint density at radius 1 is 1.12 bits per heavy atom. The molecule has 1 atom stereocenters. The molecule has 2 fully saturated rings. The maximum Gasteiger partial charge on any atom is 0.223 e. The first kappa shape index (κ1) is 24.3. The second-order valence-electron chi connectivity index (χ2n) is 9.31. The van der Waals surface area contributed by atoms with Crippen molar-refractivity contribution in [3.8, 4) is 5.75 Å². The van der Waals surface area contributed by atoms with Crippen molar-refractivity contribution in [3.63, 3.8) is 0 Å². The van der Waals surface area contributed by atoms with Gasteiger partial charge in [-0.05, 0) is 67.8 Å². The van der Waals surface area contributed by atoms with E-state index in [-0.39, 0.29) is 11.3 Å². The molecule has 0 radical (unpaired) electrons. The molecule has 0 N–H and O–H groups in total. The van der Waals surface area contributed by atoms with Crippen LogP contribution in [0, 0.1) is 12.3 Å². The minimum Gasteiger partial charge on any atom is -0.493 e. The molecule has 0 saturated carbocycles. The molecule has 0 aliphatic carbocycles. The maximum absolute atomic E-state index is 13.3. The van der Waals surface area contributed by atoms with Gasteiger partial charge in [0, 0.05) is 48.1 Å². The number of likely N-dealkylation sites (tertiary alicyclic amines) is 1. The van der Waals surface area contributed by atoms with Crippen LogP contribution in [-0.4, -0.2) is 61.7 Å². The van der Waals surface area contributed by atoms with Gasteiger partial charge in [-0.2, -0.15) is 0 Å². The molecule has 0 aromatic heterocycles. The third-order valence-corrected chi connectivity index (χ3v) is 7.26. The minimum atomic E-state index is -0.250. The first-order chi connectivity index (χ1) is 15.9. The van der Waals surface area contributed by atoms with Crippen molar-refractivity contribution < 1.29 is 14.3 Å². The van der Waals surface area contributed by atoms with Gasteiger partial charge < -0.3 is 14.4 Å². The lowest BCUT2D eigenvalue weighted by Gasteiger charge is -2.43. The minimum absolute atomic E-state index is 0.193. The second-order valence-corrected chi connectivity index (χ2v) is 10.2. The summed E-state index contributed by atoms with van der Waals surface area (Å²) < 4.78 is 11.7. The van der Waals surface area contributed by atoms with Gasteiger partial charge in [0.2, 0.25) is 5.91 Å². The van der Waals surface area contributed by atoms with E-state index in [4.69, 9.17) is 32.7 Å². The van der Waals surface area contributed by atoms with E-state index in [1.54, 1.807) is 0 Å². The number of benzene rings is 2. The predicted molar refractivity (Wildman–Crippen MR) is 132 cm³/mol. The lowest BCUT2D eigenvalue weighted by Crippen LogP contribution is -2.50. The van der Waals surface area contributed by atoms with Crippen LogP contribution < -0.4 is 4.74 Å². The summed E-state index contributed by atoms with van der Waals surface area (Å²) in [5.74, 6) is 0.987. The van der Waals surface area contributed by atoms with Gasteiger partial charge in [0.25, 0.3) is 0 Å². The molecule has 2 saturated heterocycles. The van der Waals surface area contributed by atoms with Crippen LogP contribution in [0.1, 0.15) is 30.4 Å². The van der Waals surface area contributed by atoms with Crippen molar-refractivity contribution in [1.29, 1.82) is 0 Å². The second kappa shape index (κ2) is 11.1. The monoisotopic (exact) mass is 490 g/mol. The number of ether oxygens (including phenoxy) is 2. The Morgan fingerprint density at radius 2 is 1.94 bits per heavy atom. The fourth-order valence-electron chi connectivity index (χ4n) is 4.84. The zero-order valence-corrected chi connectivity index (χ0v) is 20.7. The maximum atomic E-state index is 13.3. The molecule has 0 unspecified atom stereocenters. The van der Waals surface area contributed by atoms with Crippen LogP contribution >= 0.6 is 23.2 Å². The van der Waals surface area contributed by atoms with Gasteiger partial charge in [0.05, 0.1) is 19.8 Å². The molecule has 178 valence electrons. The number of carbonyl (C=O) groups excluding carboxylic acids is 1. The Kier molecular flexibility index (Phi) is 8.18. The molecule has 0 bridgehead atoms. The van der Waals surface area contributed by atoms with E-state index < -0.39 is 0 Å². The average molecular weight is 491 g/mol. The fourth-order valence-corrected chi connectivity index (χ4v) is 5.17. The molecule has 2 aliphatic heterocycles. The van der Waals surface area contributed by atoms with Crippen LogP contribution in [0.15, 0.2) is 42.5 Å². The van der Waals surface area contributed by atoms with Gasteiger partial charge in [-0.3, -0.25) is 9.69 Å². The van der Waals surface area contributed by atoms with Crippen LogP contribution in [-0.2, 0) is 16.1 Å². The van der Waals surface area contributed by atoms with Crippen LogP contribution in [0.25, 0.3) is 0 Å². The van der Waals surface area contributed by atoms with Gasteiger partial charge in [0.1, 0.15) is 5.75 Å². The highest BCUT2D eigenvalue weighted by Gasteiger charge is 2.39. The fraction of sp³-hybridized carbons (Fsp3) is 0.500. The highest BCUT2D eigenvalue weighted by Crippen LogP contribution is 2.36. The standard InChI is InChI=1S/C26H32Cl2N2O3/c1-20-14-23(6-7-24(20)28)33-19-26(16-25(31)30-10-12-32-13-11-30)8-3-9-29(18-26)17-21-4-2-5-22(27)15-21/h2,4-7,14-15H,3,8-13,16-19H2,1H3/t26-/m1/s1. The Morgan fingerprint density at radius 3 is 2.70 bits per heavy atom. The molecule has 7 heteroatoms. The Hall–Kier alpha value is -1.79. The quantitative estimate of drug-likeness (QED) is 0.533. The van der Waals surface area contributed by atoms with E-state index in [9.17, 15) is 4.79 Å². The number of halogens is 2. The lowest BCUT2D eigenvalue weighted by molar-refractivity contribution is -0.139. The van der Waals surface area contributed by atoms with Crippen molar-refractivity contribution in [2.45, 2.75) is 32.7 Å². The number of carbonyl (C=O) groups is 1. The number of hydrogen-bond acceptors (Lipinski definition) is 4. The summed E-state index contributed by atoms with van der Waals surface area (Å²) >= 11 is 12.4. The van der Waals surface area contributed by atoms with Gasteiger partial charge in [-0.1, -0.05) is 35.3 Å². The Bertz CT molecular complexity index is 964. The summed E-state index contributed by atoms with van der Waals surface area (Å²) in [5, 5.41) is 1.48. The topological polar surface area (TPSA) is 42.0 Å². The Balaban J connectivity index is 1.50. The highest BCUT2D eigenvalue weighted by molar-refractivity contribution is 6.31. The molecule has 2 aliphatic rings. The summed E-state index contributed by atoms with van der Waals surface area (Å²) in [6.45, 7) is 7.64. The number of nitrogens with zero attached hydrogens (tertiary/aromatic N) is 2. The number of piperidine rings is 1. The molecule has 5 nitrogen and oxygen atoms in total. The zero-order chi connectivity index (χ0) is 23.3. The van der Waals surface area contributed by atoms with E-state index in [1.807, 2.05) is 48.2 Å². The molecular formula is C26H32Cl2N2O3. The van der Waals surface area contributed by atoms with E-state index >= 15 is 0 Å². The van der Waals surface area contributed by atoms with Gasteiger partial charge >= 0.3 is 0 Å². The smallest absolute Gasteiger partial charge is 0.223 e. The summed E-state index contributed by atoms with van der Waals surface area (Å²) in [7, 11) is 0. The molecular weight excluding hydrogens is 459 g/mol. The van der Waals surface area contributed by atoms with Gasteiger partial charge in [-0.25, -0.2) is 0 Å². The third-order valence-electron chi connectivity index (χ3n) is 6.60. The summed E-state index contributed by atoms with van der Waals surface area (Å²) in [5.41, 5.74) is 1.92. The number of aryl methyl sites for hydroxylation is 1. The molecule has 0 spiro atoms. The van der Waals surface area contributed by atoms with Gasteiger partial charge in [0.15, 0.2) is 0 Å². The van der Waals surface area contributed by atoms with Crippen molar-refractivity contribution in [3.05, 3.63) is 63.6 Å². The van der Waals surface area contributed by atoms with Crippen LogP contribution in [0.4, 0.5) is 0 Å². The van der Waals surface area contributed by atoms with E-state index in [0.29, 0.717) is 39.3 Å². The van der Waals surface area contributed by atoms with E-state index in [0.717, 1.165) is 53.8 Å². The van der Waals surface area contributed by atoms with Gasteiger partial charge in [-0.15, -0.1) is 0 Å². The Labute approximate surface area is 206 Å². The predicted octanol–water partition coefficient (Wildman–Crippen LogP) is 5.21. The number of amides is 1. The molecule has 2 aromatic carbocycles. The van der Waals surface area contributed by atoms with Crippen molar-refractivity contribution in [1.82, 2.24) is 9.80 Å². The molecule has 33 heavy (non-hydrogen) atoms. The number of morpholine rings is 1. The van der Waals surface area contributed by atoms with E-state index in [1.165, 1.54) is 5.56 Å². The first-order valence-electron chi connectivity index (χ1n) is 11.6. The molecule has 2 heterocycles. The zero-order valence-electron chi connectivity index (χ0n) is 19.2. The summed E-state index contributed by atoms with van der Waals surface area (Å²) in [6.07, 6.45) is 2.47. The molecule has 2 aromatic rings. The van der Waals surface area contributed by atoms with Crippen LogP contribution in [0.3, 0.4) is 0 Å². The van der Waals surface area contributed by atoms with Crippen molar-refractivity contribution >= 4 is 29.1 Å². The first-order valence-corrected chi connectivity index (χ1v) is 12.4. The normalized spacial score (nSPS) is 21.7. The number of rotatable bonds is 7. The summed E-state index contributed by atoms with van der Waals surface area (Å²) in [6, 6.07) is 13.7. The molecule has 4 rings (SSSR count). The van der Waals surface area contributed by atoms with E-state index in [2.05, 4.69) is 11.0 Å². The number of hydrogen-bond donors (Lipinski definition) is 0. The SMILES string of the molecule is Cc1cc(OC[C@@]2(CC(=O)N3CCOCC3)CCCN(Cc3cccc(Cl)c3)C2)ccc1Cl. The largest absolute Gasteiger partial charge is 0.493 e. The summed E-state index contributed by atoms with van der Waals surface area (Å²) in [4.78, 5) is 17.6. The van der Waals surface area contributed by atoms with Crippen LogP contribution in [0.2, 0.25) is 10.0 Å². The lowest BCUT2D eigenvalue weighted by atomic mass is 9.77. The van der Waals surface area contributed by atoms with Crippen molar-refractivity contribution in [2.75, 3.05) is 46.0 Å². The van der Waals surface area contributed by atoms with Crippen LogP contribution in [0.5, 0.6) is 5.75 Å². The molecule has 1 amide bonds.